The Morgan fingerprint density at radius 1 is 1.14 bits per heavy atom. The third-order valence-electron chi connectivity index (χ3n) is 6.25. The molecular formula is C24H40N5O13P. The number of nitrogens with one attached hydrogen (secondary N) is 4. The average Bonchev–Trinajstić information content (AvgIpc) is 3.35. The second-order valence-electron chi connectivity index (χ2n) is 9.26. The molecular weight excluding hydrogens is 597 g/mol. The maximum atomic E-state index is 12.9. The Morgan fingerprint density at radius 2 is 1.84 bits per heavy atom. The van der Waals surface area contributed by atoms with E-state index < -0.39 is 68.2 Å². The van der Waals surface area contributed by atoms with E-state index in [2.05, 4.69) is 25.5 Å². The summed E-state index contributed by atoms with van der Waals surface area (Å²) < 4.78 is 37.6. The van der Waals surface area contributed by atoms with Crippen molar-refractivity contribution >= 4 is 25.9 Å². The molecule has 1 aromatic heterocycles. The van der Waals surface area contributed by atoms with Crippen LogP contribution in [0.15, 0.2) is 15.8 Å². The molecule has 0 bridgehead atoms. The van der Waals surface area contributed by atoms with Gasteiger partial charge in [-0.15, -0.1) is 0 Å². The van der Waals surface area contributed by atoms with E-state index in [1.54, 1.807) is 13.8 Å². The number of phosphoric ester groups is 1. The molecule has 2 heterocycles. The molecule has 1 saturated heterocycles. The van der Waals surface area contributed by atoms with Gasteiger partial charge < -0.3 is 40.2 Å². The van der Waals surface area contributed by atoms with E-state index in [1.807, 2.05) is 0 Å². The maximum Gasteiger partial charge on any atom is 0.472 e. The Balaban J connectivity index is 2.02. The molecule has 1 fully saturated rings. The number of amides is 3. The number of hydrogen-bond acceptors (Lipinski definition) is 12. The molecule has 1 aliphatic rings. The predicted molar refractivity (Wildman–Crippen MR) is 148 cm³/mol. The van der Waals surface area contributed by atoms with Crippen LogP contribution in [0.2, 0.25) is 0 Å². The van der Waals surface area contributed by atoms with Crippen molar-refractivity contribution in [3.8, 4) is 0 Å². The van der Waals surface area contributed by atoms with Crippen LogP contribution in [0.25, 0.3) is 0 Å². The number of hydrogen-bond donors (Lipinski definition) is 6. The minimum atomic E-state index is -4.42. The molecule has 6 N–H and O–H groups in total. The molecule has 2 unspecified atom stereocenters. The second kappa shape index (κ2) is 17.7. The number of aliphatic hydroxyl groups is 1. The minimum Gasteiger partial charge on any atom is -0.450 e. The predicted octanol–water partition coefficient (Wildman–Crippen LogP) is -0.362. The zero-order valence-electron chi connectivity index (χ0n) is 24.2. The van der Waals surface area contributed by atoms with Gasteiger partial charge in [-0.2, -0.15) is 0 Å². The summed E-state index contributed by atoms with van der Waals surface area (Å²) in [7, 11) is -3.44. The lowest BCUT2D eigenvalue weighted by atomic mass is 10.1. The van der Waals surface area contributed by atoms with Crippen molar-refractivity contribution in [2.75, 3.05) is 40.0 Å². The summed E-state index contributed by atoms with van der Waals surface area (Å²) in [6.07, 6.45) is -2.19. The van der Waals surface area contributed by atoms with Crippen molar-refractivity contribution in [2.45, 2.75) is 70.4 Å². The first-order valence-electron chi connectivity index (χ1n) is 13.7. The molecule has 0 saturated carbocycles. The number of rotatable bonds is 17. The van der Waals surface area contributed by atoms with Crippen LogP contribution in [-0.4, -0.2) is 95.9 Å². The number of unbranched alkanes of at least 4 members (excludes halogenated alkanes) is 1. The van der Waals surface area contributed by atoms with Gasteiger partial charge in [-0.05, 0) is 39.5 Å². The molecule has 18 nitrogen and oxygen atoms in total. The number of H-pyrrole nitrogens is 1. The molecule has 2 rings (SSSR count). The first-order chi connectivity index (χ1) is 20.4. The van der Waals surface area contributed by atoms with E-state index >= 15 is 0 Å². The van der Waals surface area contributed by atoms with E-state index in [0.29, 0.717) is 19.4 Å². The first-order valence-corrected chi connectivity index (χ1v) is 15.2. The van der Waals surface area contributed by atoms with Gasteiger partial charge in [0, 0.05) is 38.4 Å². The van der Waals surface area contributed by atoms with E-state index in [0.717, 1.165) is 11.7 Å². The highest BCUT2D eigenvalue weighted by molar-refractivity contribution is 7.47. The fraction of sp³-hybridized carbons (Fsp3) is 0.708. The largest absolute Gasteiger partial charge is 0.472 e. The van der Waals surface area contributed by atoms with E-state index in [-0.39, 0.29) is 44.6 Å². The van der Waals surface area contributed by atoms with E-state index in [9.17, 15) is 38.5 Å². The highest BCUT2D eigenvalue weighted by Crippen LogP contribution is 2.47. The summed E-state index contributed by atoms with van der Waals surface area (Å²) in [5, 5.41) is 17.3. The van der Waals surface area contributed by atoms with Crippen LogP contribution in [0, 0.1) is 0 Å². The third kappa shape index (κ3) is 11.7. The van der Waals surface area contributed by atoms with E-state index in [1.165, 1.54) is 6.20 Å². The van der Waals surface area contributed by atoms with Gasteiger partial charge in [-0.1, -0.05) is 0 Å². The van der Waals surface area contributed by atoms with Gasteiger partial charge in [0.05, 0.1) is 19.8 Å². The summed E-state index contributed by atoms with van der Waals surface area (Å²) in [4.78, 5) is 73.0. The number of aromatic amines is 1. The molecule has 43 heavy (non-hydrogen) atoms. The SMILES string of the molecule is CCOC(=O)NCCCCC(NC(=O)OCC)C(=O)NCCc1cn([C@@H]2C[C@H](OP(=O)(O)OC)[C@H](CO)O2)c(=O)[nH]c1=O. The Labute approximate surface area is 247 Å². The van der Waals surface area contributed by atoms with Crippen molar-refractivity contribution in [3.05, 3.63) is 32.6 Å². The molecule has 0 aromatic carbocycles. The quantitative estimate of drug-likeness (QED) is 0.0945. The lowest BCUT2D eigenvalue weighted by molar-refractivity contribution is -0.123. The van der Waals surface area contributed by atoms with Crippen molar-refractivity contribution in [3.63, 3.8) is 0 Å². The van der Waals surface area contributed by atoms with Gasteiger partial charge in [0.15, 0.2) is 0 Å². The Kier molecular flexibility index (Phi) is 14.8. The van der Waals surface area contributed by atoms with Crippen LogP contribution < -0.4 is 27.2 Å². The van der Waals surface area contributed by atoms with Gasteiger partial charge in [-0.3, -0.25) is 28.2 Å². The van der Waals surface area contributed by atoms with Crippen LogP contribution in [0.5, 0.6) is 0 Å². The summed E-state index contributed by atoms with van der Waals surface area (Å²) in [6, 6.07) is -0.956. The van der Waals surface area contributed by atoms with Crippen molar-refractivity contribution in [2.24, 2.45) is 0 Å². The molecule has 244 valence electrons. The zero-order chi connectivity index (χ0) is 32.0. The molecule has 19 heteroatoms. The van der Waals surface area contributed by atoms with Gasteiger partial charge in [0.25, 0.3) is 5.56 Å². The van der Waals surface area contributed by atoms with Crippen molar-refractivity contribution < 1.29 is 52.2 Å². The van der Waals surface area contributed by atoms with Crippen LogP contribution in [0.1, 0.15) is 51.3 Å². The molecule has 1 aliphatic heterocycles. The number of aliphatic hydroxyl groups excluding tert-OH is 1. The Hall–Kier alpha value is -3.28. The number of nitrogens with zero attached hydrogens (tertiary/aromatic N) is 1. The molecule has 0 spiro atoms. The average molecular weight is 638 g/mol. The molecule has 0 aliphatic carbocycles. The van der Waals surface area contributed by atoms with Crippen LogP contribution in [0.3, 0.4) is 0 Å². The smallest absolute Gasteiger partial charge is 0.450 e. The minimum absolute atomic E-state index is 0.0114. The standard InChI is InChI=1S/C24H40N5O13P/c1-4-39-23(34)26-10-7-6-8-16(27-24(35)40-5-2)21(32)25-11-9-15-13-29(22(33)28-20(15)31)19-12-17(18(14-30)41-19)42-43(36,37)38-3/h13,16-19,30H,4-12,14H2,1-3H3,(H,25,32)(H,26,34)(H,27,35)(H,36,37)(H,28,31,33)/t16?,17-,18-,19-/m0/s1. The van der Waals surface area contributed by atoms with Crippen LogP contribution >= 0.6 is 7.82 Å². The maximum absolute atomic E-state index is 12.9. The van der Waals surface area contributed by atoms with Gasteiger partial charge in [-0.25, -0.2) is 18.9 Å². The number of phosphoric acid groups is 1. The summed E-state index contributed by atoms with van der Waals surface area (Å²) in [5.41, 5.74) is -1.41. The van der Waals surface area contributed by atoms with Crippen LogP contribution in [0.4, 0.5) is 9.59 Å². The Morgan fingerprint density at radius 3 is 2.49 bits per heavy atom. The van der Waals surface area contributed by atoms with Gasteiger partial charge in [0.1, 0.15) is 24.5 Å². The zero-order valence-corrected chi connectivity index (χ0v) is 25.1. The second-order valence-corrected chi connectivity index (χ2v) is 10.8. The number of carbonyl (C=O) groups excluding carboxylic acids is 3. The molecule has 0 radical (unpaired) electrons. The fourth-order valence-electron chi connectivity index (χ4n) is 4.15. The molecule has 3 amide bonds. The highest BCUT2D eigenvalue weighted by atomic mass is 31.2. The summed E-state index contributed by atoms with van der Waals surface area (Å²) >= 11 is 0. The monoisotopic (exact) mass is 637 g/mol. The first kappa shape index (κ1) is 35.9. The molecule has 1 aromatic rings. The number of aromatic nitrogens is 2. The van der Waals surface area contributed by atoms with Gasteiger partial charge >= 0.3 is 25.7 Å². The lowest BCUT2D eigenvalue weighted by Gasteiger charge is -2.18. The third-order valence-corrected chi connectivity index (χ3v) is 7.25. The van der Waals surface area contributed by atoms with Crippen LogP contribution in [-0.2, 0) is 39.0 Å². The summed E-state index contributed by atoms with van der Waals surface area (Å²) in [6.45, 7) is 3.33. The Bertz CT molecular complexity index is 1240. The highest BCUT2D eigenvalue weighted by Gasteiger charge is 2.41. The normalized spacial score (nSPS) is 20.1. The van der Waals surface area contributed by atoms with Gasteiger partial charge in [0.2, 0.25) is 5.91 Å². The fourth-order valence-corrected chi connectivity index (χ4v) is 4.80. The lowest BCUT2D eigenvalue weighted by Crippen LogP contribution is -2.47. The topological polar surface area (TPSA) is 246 Å². The number of ether oxygens (including phenoxy) is 3. The van der Waals surface area contributed by atoms with Crippen molar-refractivity contribution in [1.82, 2.24) is 25.5 Å². The number of alkyl carbamates (subject to hydrolysis) is 2. The number of carbonyl (C=O) groups is 3. The van der Waals surface area contributed by atoms with E-state index in [4.69, 9.17) is 18.7 Å². The molecule has 5 atom stereocenters. The summed E-state index contributed by atoms with van der Waals surface area (Å²) in [5.74, 6) is -0.535. The van der Waals surface area contributed by atoms with Crippen molar-refractivity contribution in [1.29, 1.82) is 0 Å².